The van der Waals surface area contributed by atoms with Crippen molar-refractivity contribution in [2.75, 3.05) is 7.05 Å². The number of fused-ring (bicyclic) bond motifs is 2. The van der Waals surface area contributed by atoms with Crippen LogP contribution in [0.4, 0.5) is 0 Å². The fourth-order valence-corrected chi connectivity index (χ4v) is 3.72. The second-order valence-corrected chi connectivity index (χ2v) is 6.85. The molecule has 0 saturated carbocycles. The third-order valence-corrected chi connectivity index (χ3v) is 5.14. The van der Waals surface area contributed by atoms with Crippen LogP contribution < -0.4 is 0 Å². The van der Waals surface area contributed by atoms with E-state index < -0.39 is 0 Å². The van der Waals surface area contributed by atoms with Gasteiger partial charge in [-0.3, -0.25) is 4.79 Å². The van der Waals surface area contributed by atoms with Crippen molar-refractivity contribution in [1.29, 1.82) is 0 Å². The summed E-state index contributed by atoms with van der Waals surface area (Å²) < 4.78 is 6.71. The van der Waals surface area contributed by atoms with Gasteiger partial charge in [0, 0.05) is 16.6 Å². The Hall–Kier alpha value is -0.870. The zero-order valence-electron chi connectivity index (χ0n) is 11.7. The van der Waals surface area contributed by atoms with Gasteiger partial charge in [-0.25, -0.2) is 0 Å². The van der Waals surface area contributed by atoms with Gasteiger partial charge in [-0.2, -0.15) is 0 Å². The molecule has 3 nitrogen and oxygen atoms in total. The van der Waals surface area contributed by atoms with Crippen LogP contribution in [0.25, 0.3) is 0 Å². The Bertz CT molecular complexity index is 474. The van der Waals surface area contributed by atoms with Crippen LogP contribution in [0.1, 0.15) is 31.2 Å². The Morgan fingerprint density at radius 2 is 1.85 bits per heavy atom. The Morgan fingerprint density at radius 3 is 2.45 bits per heavy atom. The molecule has 108 valence electrons. The highest BCUT2D eigenvalue weighted by Crippen LogP contribution is 2.35. The smallest absolute Gasteiger partial charge is 0.310 e. The quantitative estimate of drug-likeness (QED) is 0.793. The monoisotopic (exact) mass is 337 g/mol. The molecule has 20 heavy (non-hydrogen) atoms. The minimum absolute atomic E-state index is 0.0960. The van der Waals surface area contributed by atoms with E-state index in [1.165, 1.54) is 12.8 Å². The minimum atomic E-state index is -0.0960. The minimum Gasteiger partial charge on any atom is -0.462 e. The van der Waals surface area contributed by atoms with E-state index in [4.69, 9.17) is 4.74 Å². The van der Waals surface area contributed by atoms with Crippen LogP contribution in [0, 0.1) is 0 Å². The van der Waals surface area contributed by atoms with Crippen molar-refractivity contribution in [2.24, 2.45) is 0 Å². The normalized spacial score (nSPS) is 29.4. The molecule has 0 N–H and O–H groups in total. The molecule has 2 aliphatic rings. The topological polar surface area (TPSA) is 29.5 Å². The van der Waals surface area contributed by atoms with Gasteiger partial charge < -0.3 is 9.64 Å². The number of halogens is 1. The third-order valence-electron chi connectivity index (χ3n) is 4.61. The lowest BCUT2D eigenvalue weighted by molar-refractivity contribution is -0.151. The van der Waals surface area contributed by atoms with Crippen LogP contribution in [0.5, 0.6) is 0 Å². The van der Waals surface area contributed by atoms with Crippen LogP contribution >= 0.6 is 15.9 Å². The number of benzene rings is 1. The number of esters is 1. The summed E-state index contributed by atoms with van der Waals surface area (Å²) in [4.78, 5) is 14.5. The van der Waals surface area contributed by atoms with E-state index >= 15 is 0 Å². The fraction of sp³-hybridized carbons (Fsp3) is 0.562. The lowest BCUT2D eigenvalue weighted by Gasteiger charge is -2.35. The molecule has 0 radical (unpaired) electrons. The number of hydrogen-bond acceptors (Lipinski definition) is 3. The summed E-state index contributed by atoms with van der Waals surface area (Å²) in [5.74, 6) is -0.0960. The average Bonchev–Trinajstić information content (AvgIpc) is 2.64. The predicted molar refractivity (Wildman–Crippen MR) is 81.5 cm³/mol. The van der Waals surface area contributed by atoms with Gasteiger partial charge in [0.15, 0.2) is 0 Å². The van der Waals surface area contributed by atoms with Gasteiger partial charge in [-0.05, 0) is 50.4 Å². The summed E-state index contributed by atoms with van der Waals surface area (Å²) >= 11 is 3.40. The maximum absolute atomic E-state index is 12.0. The first-order valence-electron chi connectivity index (χ1n) is 7.27. The van der Waals surface area contributed by atoms with Crippen molar-refractivity contribution in [3.8, 4) is 0 Å². The Morgan fingerprint density at radius 1 is 1.25 bits per heavy atom. The van der Waals surface area contributed by atoms with Gasteiger partial charge in [0.25, 0.3) is 0 Å². The van der Waals surface area contributed by atoms with Gasteiger partial charge in [-0.15, -0.1) is 0 Å². The molecule has 3 rings (SSSR count). The summed E-state index contributed by atoms with van der Waals surface area (Å²) in [5, 5.41) is 0. The molecule has 3 atom stereocenters. The lowest BCUT2D eigenvalue weighted by atomic mass is 10.0. The summed E-state index contributed by atoms with van der Waals surface area (Å²) in [5.41, 5.74) is 1.01. The standard InChI is InChI=1S/C16H20BrNO2/c1-18-13-6-7-14(18)10-15(9-13)20-16(19)8-11-2-4-12(17)5-3-11/h2-5,13-15H,6-10H2,1H3/t13-,14+,15?. The molecule has 2 fully saturated rings. The SMILES string of the molecule is CN1[C@@H]2CC[C@H]1CC(OC(=O)Cc1ccc(Br)cc1)C2. The Balaban J connectivity index is 1.53. The molecule has 0 spiro atoms. The van der Waals surface area contributed by atoms with Crippen LogP contribution in [0.2, 0.25) is 0 Å². The summed E-state index contributed by atoms with van der Waals surface area (Å²) in [7, 11) is 2.20. The highest BCUT2D eigenvalue weighted by Gasteiger charge is 2.39. The van der Waals surface area contributed by atoms with Crippen molar-refractivity contribution in [1.82, 2.24) is 4.90 Å². The summed E-state index contributed by atoms with van der Waals surface area (Å²) in [6.45, 7) is 0. The van der Waals surface area contributed by atoms with Crippen molar-refractivity contribution in [2.45, 2.75) is 50.3 Å². The van der Waals surface area contributed by atoms with E-state index in [1.807, 2.05) is 24.3 Å². The van der Waals surface area contributed by atoms with Gasteiger partial charge in [-0.1, -0.05) is 28.1 Å². The van der Waals surface area contributed by atoms with E-state index in [-0.39, 0.29) is 12.1 Å². The molecule has 1 unspecified atom stereocenters. The molecule has 4 heteroatoms. The molecule has 0 aliphatic carbocycles. The molecule has 1 aromatic rings. The molecule has 2 bridgehead atoms. The number of nitrogens with zero attached hydrogens (tertiary/aromatic N) is 1. The molecule has 0 amide bonds. The predicted octanol–water partition coefficient (Wildman–Crippen LogP) is 3.16. The highest BCUT2D eigenvalue weighted by molar-refractivity contribution is 9.10. The van der Waals surface area contributed by atoms with E-state index in [2.05, 4.69) is 27.9 Å². The van der Waals surface area contributed by atoms with Crippen molar-refractivity contribution in [3.05, 3.63) is 34.3 Å². The second kappa shape index (κ2) is 5.86. The van der Waals surface area contributed by atoms with E-state index in [9.17, 15) is 4.79 Å². The Kier molecular flexibility index (Phi) is 4.13. The summed E-state index contributed by atoms with van der Waals surface area (Å²) in [6, 6.07) is 9.06. The van der Waals surface area contributed by atoms with Crippen LogP contribution in [0.15, 0.2) is 28.7 Å². The fourth-order valence-electron chi connectivity index (χ4n) is 3.45. The molecule has 2 saturated heterocycles. The number of rotatable bonds is 3. The number of ether oxygens (including phenoxy) is 1. The summed E-state index contributed by atoms with van der Waals surface area (Å²) in [6.07, 6.45) is 4.99. The van der Waals surface area contributed by atoms with Crippen molar-refractivity contribution >= 4 is 21.9 Å². The zero-order valence-corrected chi connectivity index (χ0v) is 13.3. The van der Waals surface area contributed by atoms with Gasteiger partial charge in [0.1, 0.15) is 6.10 Å². The van der Waals surface area contributed by atoms with Crippen LogP contribution in [-0.2, 0) is 16.0 Å². The lowest BCUT2D eigenvalue weighted by Crippen LogP contribution is -2.43. The third kappa shape index (κ3) is 3.07. The molecule has 2 aliphatic heterocycles. The first-order chi connectivity index (χ1) is 9.61. The van der Waals surface area contributed by atoms with E-state index in [0.717, 1.165) is 22.9 Å². The van der Waals surface area contributed by atoms with Gasteiger partial charge in [0.2, 0.25) is 0 Å². The van der Waals surface area contributed by atoms with E-state index in [0.29, 0.717) is 18.5 Å². The molecule has 1 aromatic carbocycles. The molecular formula is C16H20BrNO2. The molecular weight excluding hydrogens is 318 g/mol. The maximum atomic E-state index is 12.0. The number of carbonyl (C=O) groups excluding carboxylic acids is 1. The molecule has 0 aromatic heterocycles. The highest BCUT2D eigenvalue weighted by atomic mass is 79.9. The zero-order chi connectivity index (χ0) is 14.1. The van der Waals surface area contributed by atoms with Crippen molar-refractivity contribution in [3.63, 3.8) is 0 Å². The first kappa shape index (κ1) is 14.1. The van der Waals surface area contributed by atoms with Crippen LogP contribution in [-0.4, -0.2) is 36.1 Å². The van der Waals surface area contributed by atoms with Gasteiger partial charge >= 0.3 is 5.97 Å². The average molecular weight is 338 g/mol. The first-order valence-corrected chi connectivity index (χ1v) is 8.07. The number of carbonyl (C=O) groups is 1. The number of hydrogen-bond donors (Lipinski definition) is 0. The Labute approximate surface area is 128 Å². The largest absolute Gasteiger partial charge is 0.462 e. The molecule has 2 heterocycles. The van der Waals surface area contributed by atoms with E-state index in [1.54, 1.807) is 0 Å². The number of piperidine rings is 1. The van der Waals surface area contributed by atoms with Gasteiger partial charge in [0.05, 0.1) is 6.42 Å². The maximum Gasteiger partial charge on any atom is 0.310 e. The van der Waals surface area contributed by atoms with Crippen LogP contribution in [0.3, 0.4) is 0 Å². The van der Waals surface area contributed by atoms with Crippen molar-refractivity contribution < 1.29 is 9.53 Å². The second-order valence-electron chi connectivity index (χ2n) is 5.94.